The molecule has 0 bridgehead atoms. The van der Waals surface area contributed by atoms with Gasteiger partial charge in [-0.25, -0.2) is 4.98 Å². The van der Waals surface area contributed by atoms with Crippen LogP contribution in [-0.4, -0.2) is 16.8 Å². The highest BCUT2D eigenvalue weighted by Gasteiger charge is 2.29. The van der Waals surface area contributed by atoms with E-state index < -0.39 is 0 Å². The number of rotatable bonds is 2. The van der Waals surface area contributed by atoms with Crippen molar-refractivity contribution in [1.82, 2.24) is 4.98 Å². The normalized spacial score (nSPS) is 18.0. The third-order valence-electron chi connectivity index (χ3n) is 3.64. The Morgan fingerprint density at radius 2 is 2.05 bits per heavy atom. The second-order valence-corrected chi connectivity index (χ2v) is 5.54. The van der Waals surface area contributed by atoms with E-state index in [9.17, 15) is 4.79 Å². The summed E-state index contributed by atoms with van der Waals surface area (Å²) in [5.41, 5.74) is 1.88. The molecular weight excluding hydrogens is 272 g/mol. The van der Waals surface area contributed by atoms with Crippen LogP contribution in [-0.2, 0) is 6.54 Å². The number of fused-ring (bicyclic) bond motifs is 1. The highest BCUT2D eigenvalue weighted by atomic mass is 35.5. The van der Waals surface area contributed by atoms with Crippen LogP contribution in [0.5, 0.6) is 0 Å². The Balaban J connectivity index is 1.94. The van der Waals surface area contributed by atoms with Crippen LogP contribution in [0.25, 0.3) is 0 Å². The lowest BCUT2D eigenvalue weighted by Gasteiger charge is -2.35. The summed E-state index contributed by atoms with van der Waals surface area (Å²) >= 11 is 5.91. The van der Waals surface area contributed by atoms with Crippen LogP contribution in [0.2, 0.25) is 5.02 Å². The number of anilines is 1. The summed E-state index contributed by atoms with van der Waals surface area (Å²) in [6.45, 7) is 2.79. The molecule has 4 heteroatoms. The molecule has 1 unspecified atom stereocenters. The quantitative estimate of drug-likeness (QED) is 0.844. The van der Waals surface area contributed by atoms with E-state index in [2.05, 4.69) is 16.8 Å². The predicted octanol–water partition coefficient (Wildman–Crippen LogP) is 3.72. The van der Waals surface area contributed by atoms with E-state index in [0.717, 1.165) is 28.5 Å². The maximum absolute atomic E-state index is 12.1. The fourth-order valence-corrected chi connectivity index (χ4v) is 2.68. The highest BCUT2D eigenvalue weighted by molar-refractivity contribution is 6.30. The molecule has 20 heavy (non-hydrogen) atoms. The first-order chi connectivity index (χ1) is 9.65. The van der Waals surface area contributed by atoms with Gasteiger partial charge in [0.15, 0.2) is 5.78 Å². The summed E-state index contributed by atoms with van der Waals surface area (Å²) in [6.07, 6.45) is 2.27. The molecule has 2 heterocycles. The van der Waals surface area contributed by atoms with Crippen molar-refractivity contribution in [1.29, 1.82) is 0 Å². The number of ketones is 1. The zero-order valence-electron chi connectivity index (χ0n) is 11.2. The summed E-state index contributed by atoms with van der Waals surface area (Å²) in [4.78, 5) is 18.6. The number of carbonyl (C=O) groups is 1. The minimum atomic E-state index is 0.153. The van der Waals surface area contributed by atoms with Gasteiger partial charge in [0.25, 0.3) is 0 Å². The van der Waals surface area contributed by atoms with Gasteiger partial charge in [0.2, 0.25) is 0 Å². The van der Waals surface area contributed by atoms with Crippen molar-refractivity contribution in [2.45, 2.75) is 25.9 Å². The number of hydrogen-bond donors (Lipinski definition) is 0. The van der Waals surface area contributed by atoms with E-state index in [1.165, 1.54) is 0 Å². The molecule has 0 spiro atoms. The van der Waals surface area contributed by atoms with Gasteiger partial charge < -0.3 is 4.90 Å². The van der Waals surface area contributed by atoms with Crippen molar-refractivity contribution in [2.75, 3.05) is 4.90 Å². The van der Waals surface area contributed by atoms with Crippen LogP contribution in [0.1, 0.15) is 29.3 Å². The summed E-state index contributed by atoms with van der Waals surface area (Å²) in [5.74, 6) is 0.958. The van der Waals surface area contributed by atoms with E-state index in [-0.39, 0.29) is 11.8 Å². The number of Topliss-reactive ketones (excluding diaryl/α,β-unsaturated/α-hetero) is 1. The maximum atomic E-state index is 12.1. The van der Waals surface area contributed by atoms with Gasteiger partial charge in [-0.3, -0.25) is 4.79 Å². The second-order valence-electron chi connectivity index (χ2n) is 5.11. The van der Waals surface area contributed by atoms with E-state index in [1.807, 2.05) is 36.4 Å². The highest BCUT2D eigenvalue weighted by Crippen LogP contribution is 2.29. The van der Waals surface area contributed by atoms with E-state index in [1.54, 1.807) is 6.20 Å². The molecular formula is C16H15ClN2O. The molecule has 0 aliphatic carbocycles. The number of halogens is 1. The molecule has 0 amide bonds. The predicted molar refractivity (Wildman–Crippen MR) is 80.3 cm³/mol. The van der Waals surface area contributed by atoms with Crippen LogP contribution >= 0.6 is 11.6 Å². The van der Waals surface area contributed by atoms with Gasteiger partial charge in [-0.15, -0.1) is 0 Å². The molecule has 0 saturated carbocycles. The van der Waals surface area contributed by atoms with Crippen LogP contribution in [0.4, 0.5) is 5.82 Å². The van der Waals surface area contributed by atoms with E-state index in [4.69, 9.17) is 11.6 Å². The Morgan fingerprint density at radius 3 is 2.80 bits per heavy atom. The van der Waals surface area contributed by atoms with E-state index >= 15 is 0 Å². The zero-order valence-corrected chi connectivity index (χ0v) is 12.0. The number of benzene rings is 1. The summed E-state index contributed by atoms with van der Waals surface area (Å²) < 4.78 is 0. The number of carbonyl (C=O) groups excluding carboxylic acids is 1. The van der Waals surface area contributed by atoms with Gasteiger partial charge in [0.1, 0.15) is 5.82 Å². The number of pyridine rings is 1. The lowest BCUT2D eigenvalue weighted by molar-refractivity contribution is 0.0967. The average Bonchev–Trinajstić information content (AvgIpc) is 2.45. The van der Waals surface area contributed by atoms with Gasteiger partial charge in [-0.1, -0.05) is 23.7 Å². The van der Waals surface area contributed by atoms with Gasteiger partial charge in [-0.2, -0.15) is 0 Å². The first kappa shape index (κ1) is 13.1. The maximum Gasteiger partial charge on any atom is 0.168 e. The third-order valence-corrected chi connectivity index (χ3v) is 3.89. The van der Waals surface area contributed by atoms with Crippen molar-refractivity contribution >= 4 is 23.2 Å². The Hall–Kier alpha value is -1.87. The first-order valence-electron chi connectivity index (χ1n) is 6.64. The third kappa shape index (κ3) is 2.41. The van der Waals surface area contributed by atoms with Crippen molar-refractivity contribution in [3.8, 4) is 0 Å². The molecule has 2 aromatic rings. The smallest absolute Gasteiger partial charge is 0.168 e. The molecule has 1 aliphatic rings. The van der Waals surface area contributed by atoms with Crippen LogP contribution in [0.15, 0.2) is 42.6 Å². The first-order valence-corrected chi connectivity index (χ1v) is 7.02. The standard InChI is InChI=1S/C16H15ClN2O/c1-11-9-15(20)14-3-2-8-18-16(14)19(11)10-12-4-6-13(17)7-5-12/h2-8,11H,9-10H2,1H3. The lowest BCUT2D eigenvalue weighted by Crippen LogP contribution is -2.39. The molecule has 1 aromatic heterocycles. The van der Waals surface area contributed by atoms with Gasteiger partial charge in [0, 0.05) is 30.2 Å². The molecule has 0 N–H and O–H groups in total. The fraction of sp³-hybridized carbons (Fsp3) is 0.250. The fourth-order valence-electron chi connectivity index (χ4n) is 2.56. The minimum absolute atomic E-state index is 0.153. The van der Waals surface area contributed by atoms with Crippen LogP contribution < -0.4 is 4.90 Å². The Bertz CT molecular complexity index is 639. The molecule has 1 atom stereocenters. The van der Waals surface area contributed by atoms with E-state index in [0.29, 0.717) is 6.42 Å². The molecule has 102 valence electrons. The molecule has 0 fully saturated rings. The van der Waals surface area contributed by atoms with Gasteiger partial charge in [0.05, 0.1) is 5.56 Å². The average molecular weight is 287 g/mol. The molecule has 0 radical (unpaired) electrons. The van der Waals surface area contributed by atoms with Gasteiger partial charge in [-0.05, 0) is 36.8 Å². The summed E-state index contributed by atoms with van der Waals surface area (Å²) in [5, 5.41) is 0.731. The molecule has 1 aromatic carbocycles. The summed E-state index contributed by atoms with van der Waals surface area (Å²) in [6, 6.07) is 11.6. The Labute approximate surface area is 123 Å². The second kappa shape index (κ2) is 5.25. The topological polar surface area (TPSA) is 33.2 Å². The number of hydrogen-bond acceptors (Lipinski definition) is 3. The monoisotopic (exact) mass is 286 g/mol. The van der Waals surface area contributed by atoms with Gasteiger partial charge >= 0.3 is 0 Å². The Morgan fingerprint density at radius 1 is 1.30 bits per heavy atom. The van der Waals surface area contributed by atoms with Crippen LogP contribution in [0.3, 0.4) is 0 Å². The van der Waals surface area contributed by atoms with Crippen molar-refractivity contribution in [2.24, 2.45) is 0 Å². The van der Waals surface area contributed by atoms with Crippen LogP contribution in [0, 0.1) is 0 Å². The number of nitrogens with zero attached hydrogens (tertiary/aromatic N) is 2. The Kier molecular flexibility index (Phi) is 3.45. The lowest BCUT2D eigenvalue weighted by atomic mass is 9.97. The molecule has 1 aliphatic heterocycles. The SMILES string of the molecule is CC1CC(=O)c2cccnc2N1Cc1ccc(Cl)cc1. The molecule has 0 saturated heterocycles. The van der Waals surface area contributed by atoms with Crippen molar-refractivity contribution in [3.63, 3.8) is 0 Å². The van der Waals surface area contributed by atoms with Crippen molar-refractivity contribution in [3.05, 3.63) is 58.7 Å². The largest absolute Gasteiger partial charge is 0.349 e. The molecule has 3 nitrogen and oxygen atoms in total. The number of aromatic nitrogens is 1. The summed E-state index contributed by atoms with van der Waals surface area (Å²) in [7, 11) is 0. The molecule has 3 rings (SSSR count). The minimum Gasteiger partial charge on any atom is -0.349 e. The zero-order chi connectivity index (χ0) is 14.1. The van der Waals surface area contributed by atoms with Crippen molar-refractivity contribution < 1.29 is 4.79 Å².